The lowest BCUT2D eigenvalue weighted by Crippen LogP contribution is -2.12. The minimum absolute atomic E-state index is 0.00562. The Labute approximate surface area is 97.4 Å². The molecule has 3 nitrogen and oxygen atoms in total. The van der Waals surface area contributed by atoms with Gasteiger partial charge < -0.3 is 9.84 Å². The summed E-state index contributed by atoms with van der Waals surface area (Å²) in [6, 6.07) is 7.35. The summed E-state index contributed by atoms with van der Waals surface area (Å²) in [5.41, 5.74) is 0.805. The third-order valence-electron chi connectivity index (χ3n) is 1.96. The fraction of sp³-hybridized carbons (Fsp3) is 0.364. The van der Waals surface area contributed by atoms with Gasteiger partial charge in [-0.2, -0.15) is 5.26 Å². The molecule has 0 amide bonds. The summed E-state index contributed by atoms with van der Waals surface area (Å²) in [5.74, 6) is 0.626. The van der Waals surface area contributed by atoms with Crippen LogP contribution in [0.1, 0.15) is 18.9 Å². The Hall–Kier alpha value is -1.05. The van der Waals surface area contributed by atoms with Crippen LogP contribution < -0.4 is 4.74 Å². The van der Waals surface area contributed by atoms with Crippen molar-refractivity contribution in [2.24, 2.45) is 0 Å². The Balaban J connectivity index is 2.83. The zero-order valence-electron chi connectivity index (χ0n) is 8.40. The summed E-state index contributed by atoms with van der Waals surface area (Å²) in [4.78, 5) is 0. The van der Waals surface area contributed by atoms with E-state index in [2.05, 4.69) is 22.0 Å². The number of nitrogens with zero attached hydrogens (tertiary/aromatic N) is 1. The van der Waals surface area contributed by atoms with E-state index in [-0.39, 0.29) is 6.61 Å². The zero-order valence-corrected chi connectivity index (χ0v) is 9.99. The van der Waals surface area contributed by atoms with E-state index in [0.29, 0.717) is 12.2 Å². The molecule has 0 spiro atoms. The standard InChI is InChI=1S/C11H12BrNO2/c1-2-9(6-13)15-11-4-3-8(7-14)5-10(11)12/h3-5,9,14H,2,7H2,1H3. The Morgan fingerprint density at radius 3 is 2.80 bits per heavy atom. The lowest BCUT2D eigenvalue weighted by Gasteiger charge is -2.12. The Morgan fingerprint density at radius 2 is 2.33 bits per heavy atom. The lowest BCUT2D eigenvalue weighted by molar-refractivity contribution is 0.249. The van der Waals surface area contributed by atoms with Crippen LogP contribution >= 0.6 is 15.9 Å². The summed E-state index contributed by atoms with van der Waals surface area (Å²) < 4.78 is 6.21. The second-order valence-electron chi connectivity index (χ2n) is 3.07. The molecule has 1 aromatic carbocycles. The third-order valence-corrected chi connectivity index (χ3v) is 2.58. The Kier molecular flexibility index (Phi) is 4.60. The van der Waals surface area contributed by atoms with Crippen molar-refractivity contribution in [1.29, 1.82) is 5.26 Å². The molecule has 0 fully saturated rings. The number of ether oxygens (including phenoxy) is 1. The zero-order chi connectivity index (χ0) is 11.3. The van der Waals surface area contributed by atoms with Gasteiger partial charge in [0.15, 0.2) is 6.10 Å². The highest BCUT2D eigenvalue weighted by atomic mass is 79.9. The number of halogens is 1. The average molecular weight is 270 g/mol. The van der Waals surface area contributed by atoms with Gasteiger partial charge in [0.1, 0.15) is 11.8 Å². The maximum Gasteiger partial charge on any atom is 0.184 e. The van der Waals surface area contributed by atoms with Crippen LogP contribution in [0, 0.1) is 11.3 Å². The smallest absolute Gasteiger partial charge is 0.184 e. The van der Waals surface area contributed by atoms with Gasteiger partial charge in [0.2, 0.25) is 0 Å². The molecule has 0 aliphatic heterocycles. The van der Waals surface area contributed by atoms with Crippen molar-refractivity contribution in [3.8, 4) is 11.8 Å². The van der Waals surface area contributed by atoms with Crippen LogP contribution in [-0.4, -0.2) is 11.2 Å². The van der Waals surface area contributed by atoms with E-state index in [1.807, 2.05) is 6.92 Å². The van der Waals surface area contributed by atoms with Crippen molar-refractivity contribution >= 4 is 15.9 Å². The molecule has 0 saturated carbocycles. The van der Waals surface area contributed by atoms with E-state index in [1.54, 1.807) is 18.2 Å². The van der Waals surface area contributed by atoms with Crippen molar-refractivity contribution in [1.82, 2.24) is 0 Å². The van der Waals surface area contributed by atoms with Crippen molar-refractivity contribution in [3.05, 3.63) is 28.2 Å². The minimum atomic E-state index is -0.429. The third kappa shape index (κ3) is 3.22. The summed E-state index contributed by atoms with van der Waals surface area (Å²) >= 11 is 3.33. The van der Waals surface area contributed by atoms with Gasteiger partial charge in [0.25, 0.3) is 0 Å². The molecule has 4 heteroatoms. The molecule has 0 bridgehead atoms. The Morgan fingerprint density at radius 1 is 1.60 bits per heavy atom. The summed E-state index contributed by atoms with van der Waals surface area (Å²) in [6.45, 7) is 1.89. The van der Waals surface area contributed by atoms with E-state index in [4.69, 9.17) is 15.1 Å². The molecule has 0 aliphatic rings. The maximum absolute atomic E-state index is 8.91. The second kappa shape index (κ2) is 5.74. The van der Waals surface area contributed by atoms with Crippen LogP contribution in [0.2, 0.25) is 0 Å². The monoisotopic (exact) mass is 269 g/mol. The number of benzene rings is 1. The molecule has 1 unspecified atom stereocenters. The predicted octanol–water partition coefficient (Wildman–Crippen LogP) is 2.62. The lowest BCUT2D eigenvalue weighted by atomic mass is 10.2. The van der Waals surface area contributed by atoms with Crippen LogP contribution in [0.25, 0.3) is 0 Å². The van der Waals surface area contributed by atoms with E-state index in [9.17, 15) is 0 Å². The fourth-order valence-corrected chi connectivity index (χ4v) is 1.61. The van der Waals surface area contributed by atoms with E-state index < -0.39 is 6.10 Å². The van der Waals surface area contributed by atoms with Gasteiger partial charge in [-0.05, 0) is 40.0 Å². The fourth-order valence-electron chi connectivity index (χ4n) is 1.09. The highest BCUT2D eigenvalue weighted by molar-refractivity contribution is 9.10. The van der Waals surface area contributed by atoms with E-state index >= 15 is 0 Å². The van der Waals surface area contributed by atoms with Gasteiger partial charge in [-0.3, -0.25) is 0 Å². The first-order valence-electron chi connectivity index (χ1n) is 4.66. The molecule has 1 atom stereocenters. The first-order valence-corrected chi connectivity index (χ1v) is 5.46. The second-order valence-corrected chi connectivity index (χ2v) is 3.92. The van der Waals surface area contributed by atoms with Crippen molar-refractivity contribution in [3.63, 3.8) is 0 Å². The molecular weight excluding hydrogens is 258 g/mol. The molecule has 1 aromatic rings. The normalized spacial score (nSPS) is 11.9. The summed E-state index contributed by atoms with van der Waals surface area (Å²) in [7, 11) is 0. The van der Waals surface area contributed by atoms with Crippen LogP contribution in [0.5, 0.6) is 5.75 Å². The maximum atomic E-state index is 8.91. The molecular formula is C11H12BrNO2. The summed E-state index contributed by atoms with van der Waals surface area (Å²) in [6.07, 6.45) is 0.214. The highest BCUT2D eigenvalue weighted by Gasteiger charge is 2.09. The van der Waals surface area contributed by atoms with Crippen LogP contribution in [0.3, 0.4) is 0 Å². The molecule has 0 saturated heterocycles. The van der Waals surface area contributed by atoms with Crippen molar-refractivity contribution < 1.29 is 9.84 Å². The van der Waals surface area contributed by atoms with Crippen molar-refractivity contribution in [2.45, 2.75) is 26.1 Å². The number of hydrogen-bond acceptors (Lipinski definition) is 3. The molecule has 0 heterocycles. The molecule has 80 valence electrons. The number of nitriles is 1. The molecule has 0 radical (unpaired) electrons. The molecule has 0 aromatic heterocycles. The number of rotatable bonds is 4. The molecule has 1 N–H and O–H groups in total. The van der Waals surface area contributed by atoms with Crippen molar-refractivity contribution in [2.75, 3.05) is 0 Å². The SMILES string of the molecule is CCC(C#N)Oc1ccc(CO)cc1Br. The van der Waals surface area contributed by atoms with Gasteiger partial charge in [0.05, 0.1) is 11.1 Å². The predicted molar refractivity (Wildman–Crippen MR) is 60.4 cm³/mol. The number of hydrogen-bond donors (Lipinski definition) is 1. The van der Waals surface area contributed by atoms with E-state index in [1.165, 1.54) is 0 Å². The largest absolute Gasteiger partial charge is 0.474 e. The molecule has 1 rings (SSSR count). The first-order chi connectivity index (χ1) is 7.21. The number of aliphatic hydroxyl groups is 1. The minimum Gasteiger partial charge on any atom is -0.474 e. The topological polar surface area (TPSA) is 53.2 Å². The average Bonchev–Trinajstić information content (AvgIpc) is 2.27. The van der Waals surface area contributed by atoms with Crippen LogP contribution in [0.15, 0.2) is 22.7 Å². The Bertz CT molecular complexity index is 373. The quantitative estimate of drug-likeness (QED) is 0.914. The molecule has 15 heavy (non-hydrogen) atoms. The highest BCUT2D eigenvalue weighted by Crippen LogP contribution is 2.27. The van der Waals surface area contributed by atoms with E-state index in [0.717, 1.165) is 10.0 Å². The molecule has 0 aliphatic carbocycles. The van der Waals surface area contributed by atoms with Gasteiger partial charge in [-0.25, -0.2) is 0 Å². The first kappa shape index (κ1) is 12.0. The van der Waals surface area contributed by atoms with Gasteiger partial charge >= 0.3 is 0 Å². The van der Waals surface area contributed by atoms with Gasteiger partial charge in [-0.15, -0.1) is 0 Å². The summed E-state index contributed by atoms with van der Waals surface area (Å²) in [5, 5.41) is 17.7. The van der Waals surface area contributed by atoms with Gasteiger partial charge in [0, 0.05) is 0 Å². The van der Waals surface area contributed by atoms with Crippen LogP contribution in [0.4, 0.5) is 0 Å². The van der Waals surface area contributed by atoms with Gasteiger partial charge in [-0.1, -0.05) is 13.0 Å². The number of aliphatic hydroxyl groups excluding tert-OH is 1. The van der Waals surface area contributed by atoms with Crippen LogP contribution in [-0.2, 0) is 6.61 Å².